The molecular formula is C13H17N3O. The lowest BCUT2D eigenvalue weighted by molar-refractivity contribution is 0.629. The van der Waals surface area contributed by atoms with E-state index in [1.165, 1.54) is 0 Å². The van der Waals surface area contributed by atoms with E-state index in [0.717, 1.165) is 30.6 Å². The molecule has 0 amide bonds. The minimum atomic E-state index is 0.0247. The van der Waals surface area contributed by atoms with Crippen molar-refractivity contribution >= 4 is 10.9 Å². The van der Waals surface area contributed by atoms with Gasteiger partial charge in [0.05, 0.1) is 10.9 Å². The average molecular weight is 231 g/mol. The van der Waals surface area contributed by atoms with Crippen LogP contribution in [0.3, 0.4) is 0 Å². The van der Waals surface area contributed by atoms with Gasteiger partial charge in [0.1, 0.15) is 5.82 Å². The molecule has 2 heterocycles. The molecular weight excluding hydrogens is 214 g/mol. The van der Waals surface area contributed by atoms with E-state index >= 15 is 0 Å². The fourth-order valence-electron chi connectivity index (χ4n) is 1.96. The van der Waals surface area contributed by atoms with Gasteiger partial charge in [0.25, 0.3) is 5.56 Å². The zero-order valence-electron chi connectivity index (χ0n) is 10.3. The fraction of sp³-hybridized carbons (Fsp3) is 0.462. The maximum atomic E-state index is 12.2. The largest absolute Gasteiger partial charge is 0.296 e. The number of rotatable bonds is 4. The second-order valence-corrected chi connectivity index (χ2v) is 4.07. The number of nitrogens with zero attached hydrogens (tertiary/aromatic N) is 3. The van der Waals surface area contributed by atoms with Crippen LogP contribution in [-0.2, 0) is 13.0 Å². The Kier molecular flexibility index (Phi) is 3.52. The lowest BCUT2D eigenvalue weighted by atomic mass is 10.2. The fourth-order valence-corrected chi connectivity index (χ4v) is 1.96. The molecule has 2 aromatic heterocycles. The lowest BCUT2D eigenvalue weighted by Crippen LogP contribution is -2.24. The third kappa shape index (κ3) is 2.20. The van der Waals surface area contributed by atoms with Crippen LogP contribution in [0.2, 0.25) is 0 Å². The average Bonchev–Trinajstić information content (AvgIpc) is 2.36. The van der Waals surface area contributed by atoms with Crippen molar-refractivity contribution in [3.63, 3.8) is 0 Å². The summed E-state index contributed by atoms with van der Waals surface area (Å²) in [6.45, 7) is 4.77. The highest BCUT2D eigenvalue weighted by molar-refractivity contribution is 5.76. The summed E-state index contributed by atoms with van der Waals surface area (Å²) in [4.78, 5) is 20.8. The quantitative estimate of drug-likeness (QED) is 0.810. The van der Waals surface area contributed by atoms with Gasteiger partial charge in [-0.05, 0) is 19.4 Å². The smallest absolute Gasteiger partial charge is 0.262 e. The summed E-state index contributed by atoms with van der Waals surface area (Å²) in [5.74, 6) is 0.887. The summed E-state index contributed by atoms with van der Waals surface area (Å²) in [7, 11) is 0. The first kappa shape index (κ1) is 11.8. The van der Waals surface area contributed by atoms with E-state index in [4.69, 9.17) is 0 Å². The van der Waals surface area contributed by atoms with E-state index in [1.54, 1.807) is 23.0 Å². The molecule has 2 aromatic rings. The van der Waals surface area contributed by atoms with Crippen LogP contribution in [0, 0.1) is 0 Å². The van der Waals surface area contributed by atoms with E-state index in [0.29, 0.717) is 11.9 Å². The van der Waals surface area contributed by atoms with Gasteiger partial charge in [-0.15, -0.1) is 0 Å². The first-order chi connectivity index (χ1) is 8.27. The summed E-state index contributed by atoms with van der Waals surface area (Å²) in [5.41, 5.74) is 0.775. The van der Waals surface area contributed by atoms with E-state index in [2.05, 4.69) is 16.9 Å². The van der Waals surface area contributed by atoms with Gasteiger partial charge in [-0.2, -0.15) is 0 Å². The minimum absolute atomic E-state index is 0.0247. The summed E-state index contributed by atoms with van der Waals surface area (Å²) in [5, 5.41) is 0.606. The van der Waals surface area contributed by atoms with E-state index in [-0.39, 0.29) is 5.56 Å². The van der Waals surface area contributed by atoms with Crippen LogP contribution in [0.25, 0.3) is 10.9 Å². The Hall–Kier alpha value is -1.71. The number of aromatic nitrogens is 3. The van der Waals surface area contributed by atoms with Crippen molar-refractivity contribution in [2.75, 3.05) is 0 Å². The standard InChI is InChI=1S/C13H17N3O/c1-3-5-6-12-15-11-7-8-14-9-10(11)13(17)16(12)4-2/h7-9H,3-6H2,1-2H3. The third-order valence-corrected chi connectivity index (χ3v) is 2.90. The molecule has 90 valence electrons. The maximum Gasteiger partial charge on any atom is 0.262 e. The number of hydrogen-bond acceptors (Lipinski definition) is 3. The predicted molar refractivity (Wildman–Crippen MR) is 68.1 cm³/mol. The number of unbranched alkanes of at least 4 members (excludes halogenated alkanes) is 1. The minimum Gasteiger partial charge on any atom is -0.296 e. The SMILES string of the molecule is CCCCc1nc2ccncc2c(=O)n1CC. The van der Waals surface area contributed by atoms with Crippen LogP contribution in [0.1, 0.15) is 32.5 Å². The molecule has 0 bridgehead atoms. The van der Waals surface area contributed by atoms with Gasteiger partial charge in [0.15, 0.2) is 0 Å². The van der Waals surface area contributed by atoms with Gasteiger partial charge in [-0.1, -0.05) is 13.3 Å². The number of fused-ring (bicyclic) bond motifs is 1. The molecule has 4 nitrogen and oxygen atoms in total. The van der Waals surface area contributed by atoms with Gasteiger partial charge in [0.2, 0.25) is 0 Å². The molecule has 0 saturated carbocycles. The molecule has 2 rings (SSSR count). The summed E-state index contributed by atoms with van der Waals surface area (Å²) >= 11 is 0. The summed E-state index contributed by atoms with van der Waals surface area (Å²) in [6.07, 6.45) is 6.30. The molecule has 0 saturated heterocycles. The highest BCUT2D eigenvalue weighted by atomic mass is 16.1. The van der Waals surface area contributed by atoms with E-state index < -0.39 is 0 Å². The first-order valence-electron chi connectivity index (χ1n) is 6.11. The molecule has 0 aromatic carbocycles. The monoisotopic (exact) mass is 231 g/mol. The van der Waals surface area contributed by atoms with Crippen molar-refractivity contribution < 1.29 is 0 Å². The Morgan fingerprint density at radius 1 is 1.35 bits per heavy atom. The van der Waals surface area contributed by atoms with Gasteiger partial charge in [0, 0.05) is 25.4 Å². The molecule has 0 aliphatic rings. The van der Waals surface area contributed by atoms with Gasteiger partial charge >= 0.3 is 0 Å². The van der Waals surface area contributed by atoms with Crippen LogP contribution in [0.5, 0.6) is 0 Å². The molecule has 17 heavy (non-hydrogen) atoms. The zero-order chi connectivity index (χ0) is 12.3. The van der Waals surface area contributed by atoms with Crippen LogP contribution in [-0.4, -0.2) is 14.5 Å². The highest BCUT2D eigenvalue weighted by Gasteiger charge is 2.08. The highest BCUT2D eigenvalue weighted by Crippen LogP contribution is 2.08. The van der Waals surface area contributed by atoms with E-state index in [1.807, 2.05) is 6.92 Å². The lowest BCUT2D eigenvalue weighted by Gasteiger charge is -2.10. The van der Waals surface area contributed by atoms with Gasteiger partial charge in [-0.3, -0.25) is 14.3 Å². The molecule has 0 aliphatic carbocycles. The second kappa shape index (κ2) is 5.08. The van der Waals surface area contributed by atoms with Gasteiger partial charge < -0.3 is 0 Å². The van der Waals surface area contributed by atoms with Crippen LogP contribution >= 0.6 is 0 Å². The van der Waals surface area contributed by atoms with Crippen LogP contribution in [0.15, 0.2) is 23.3 Å². The normalized spacial score (nSPS) is 10.9. The number of hydrogen-bond donors (Lipinski definition) is 0. The molecule has 0 unspecified atom stereocenters. The Morgan fingerprint density at radius 3 is 2.88 bits per heavy atom. The van der Waals surface area contributed by atoms with Crippen molar-refractivity contribution in [2.24, 2.45) is 0 Å². The van der Waals surface area contributed by atoms with E-state index in [9.17, 15) is 4.79 Å². The number of aryl methyl sites for hydroxylation is 1. The molecule has 0 atom stereocenters. The molecule has 0 fully saturated rings. The zero-order valence-corrected chi connectivity index (χ0v) is 10.3. The summed E-state index contributed by atoms with van der Waals surface area (Å²) in [6, 6.07) is 1.80. The Balaban J connectivity index is 2.62. The van der Waals surface area contributed by atoms with Crippen molar-refractivity contribution in [1.82, 2.24) is 14.5 Å². The Bertz CT molecular complexity index is 574. The molecule has 0 N–H and O–H groups in total. The molecule has 0 aliphatic heterocycles. The van der Waals surface area contributed by atoms with Crippen LogP contribution in [0.4, 0.5) is 0 Å². The Morgan fingerprint density at radius 2 is 2.18 bits per heavy atom. The third-order valence-electron chi connectivity index (χ3n) is 2.90. The predicted octanol–water partition coefficient (Wildman–Crippen LogP) is 2.15. The first-order valence-corrected chi connectivity index (χ1v) is 6.11. The summed E-state index contributed by atoms with van der Waals surface area (Å²) < 4.78 is 1.75. The van der Waals surface area contributed by atoms with Crippen LogP contribution < -0.4 is 5.56 Å². The topological polar surface area (TPSA) is 47.8 Å². The van der Waals surface area contributed by atoms with Crippen molar-refractivity contribution in [1.29, 1.82) is 0 Å². The van der Waals surface area contributed by atoms with Crippen molar-refractivity contribution in [3.05, 3.63) is 34.6 Å². The molecule has 0 radical (unpaired) electrons. The van der Waals surface area contributed by atoms with Gasteiger partial charge in [-0.25, -0.2) is 4.98 Å². The van der Waals surface area contributed by atoms with Crippen molar-refractivity contribution in [2.45, 2.75) is 39.7 Å². The maximum absolute atomic E-state index is 12.2. The Labute approximate surface area is 100 Å². The molecule has 0 spiro atoms. The van der Waals surface area contributed by atoms with Crippen molar-refractivity contribution in [3.8, 4) is 0 Å². The number of pyridine rings is 1. The molecule has 4 heteroatoms. The second-order valence-electron chi connectivity index (χ2n) is 4.07.